The lowest BCUT2D eigenvalue weighted by Gasteiger charge is -2.31. The number of carbonyl (C=O) groups excluding carboxylic acids is 2. The lowest BCUT2D eigenvalue weighted by Crippen LogP contribution is -2.50. The van der Waals surface area contributed by atoms with Gasteiger partial charge in [0.05, 0.1) is 20.8 Å². The molecule has 35 heavy (non-hydrogen) atoms. The molecule has 190 valence electrons. The molecule has 3 rings (SSSR count). The van der Waals surface area contributed by atoms with Gasteiger partial charge < -0.3 is 24.4 Å². The number of methoxy groups -OCH3 is 2. The molecule has 1 atom stereocenters. The van der Waals surface area contributed by atoms with Gasteiger partial charge in [-0.05, 0) is 68.1 Å². The van der Waals surface area contributed by atoms with Crippen LogP contribution in [0.2, 0.25) is 0 Å². The van der Waals surface area contributed by atoms with Gasteiger partial charge in [0.1, 0.15) is 23.3 Å². The maximum absolute atomic E-state index is 13.3. The molecule has 7 heteroatoms. The highest BCUT2D eigenvalue weighted by atomic mass is 16.5. The Hall–Kier alpha value is -3.22. The highest BCUT2D eigenvalue weighted by Gasteiger charge is 2.27. The lowest BCUT2D eigenvalue weighted by molar-refractivity contribution is -0.141. The Labute approximate surface area is 208 Å². The van der Waals surface area contributed by atoms with Gasteiger partial charge in [0.2, 0.25) is 11.8 Å². The van der Waals surface area contributed by atoms with E-state index in [1.54, 1.807) is 19.1 Å². The number of ether oxygens (including phenoxy) is 3. The van der Waals surface area contributed by atoms with E-state index < -0.39 is 6.04 Å². The number of nitrogens with one attached hydrogen (secondary N) is 1. The minimum absolute atomic E-state index is 0.0644. The summed E-state index contributed by atoms with van der Waals surface area (Å²) in [6.45, 7) is 2.59. The van der Waals surface area contributed by atoms with Crippen LogP contribution in [0.4, 0.5) is 0 Å². The maximum atomic E-state index is 13.3. The molecule has 2 aromatic carbocycles. The number of rotatable bonds is 12. The second kappa shape index (κ2) is 13.6. The Morgan fingerprint density at radius 2 is 1.49 bits per heavy atom. The summed E-state index contributed by atoms with van der Waals surface area (Å²) < 4.78 is 16.2. The van der Waals surface area contributed by atoms with Crippen molar-refractivity contribution in [2.24, 2.45) is 0 Å². The van der Waals surface area contributed by atoms with Crippen LogP contribution < -0.4 is 19.5 Å². The second-order valence-corrected chi connectivity index (χ2v) is 9.02. The summed E-state index contributed by atoms with van der Waals surface area (Å²) in [5.41, 5.74) is 0.950. The average molecular weight is 483 g/mol. The SMILES string of the molecule is COc1ccc(CN(C(=O)CCCOc2ccc(OC)cc2)[C@@H](C)C(=O)NC2CCCCC2)cc1. The van der Waals surface area contributed by atoms with Crippen LogP contribution in [0.5, 0.6) is 17.2 Å². The third-order valence-corrected chi connectivity index (χ3v) is 6.49. The van der Waals surface area contributed by atoms with E-state index in [1.165, 1.54) is 6.42 Å². The van der Waals surface area contributed by atoms with Gasteiger partial charge in [-0.25, -0.2) is 0 Å². The zero-order valence-electron chi connectivity index (χ0n) is 21.1. The van der Waals surface area contributed by atoms with Crippen LogP contribution >= 0.6 is 0 Å². The molecule has 0 bridgehead atoms. The molecule has 0 aliphatic heterocycles. The molecule has 1 saturated carbocycles. The van der Waals surface area contributed by atoms with Crippen molar-refractivity contribution >= 4 is 11.8 Å². The highest BCUT2D eigenvalue weighted by molar-refractivity contribution is 5.87. The quantitative estimate of drug-likeness (QED) is 0.443. The first kappa shape index (κ1) is 26.4. The van der Waals surface area contributed by atoms with Gasteiger partial charge in [-0.15, -0.1) is 0 Å². The van der Waals surface area contributed by atoms with E-state index in [2.05, 4.69) is 5.32 Å². The molecule has 2 amide bonds. The molecule has 0 radical (unpaired) electrons. The van der Waals surface area contributed by atoms with Crippen molar-refractivity contribution in [1.82, 2.24) is 10.2 Å². The average Bonchev–Trinajstić information content (AvgIpc) is 2.90. The molecule has 0 spiro atoms. The van der Waals surface area contributed by atoms with Crippen molar-refractivity contribution in [2.45, 2.75) is 70.5 Å². The largest absolute Gasteiger partial charge is 0.497 e. The number of benzene rings is 2. The standard InChI is InChI=1S/C28H38N2O5/c1-21(28(32)29-23-8-5-4-6-9-23)30(20-22-11-13-24(33-2)14-12-22)27(31)10-7-19-35-26-17-15-25(34-3)16-18-26/h11-18,21,23H,4-10,19-20H2,1-3H3,(H,29,32)/t21-/m0/s1. The van der Waals surface area contributed by atoms with E-state index in [0.717, 1.165) is 48.5 Å². The molecule has 2 aromatic rings. The summed E-state index contributed by atoms with van der Waals surface area (Å²) in [5.74, 6) is 2.10. The van der Waals surface area contributed by atoms with Crippen molar-refractivity contribution in [3.63, 3.8) is 0 Å². The van der Waals surface area contributed by atoms with Crippen molar-refractivity contribution < 1.29 is 23.8 Å². The van der Waals surface area contributed by atoms with Crippen LogP contribution in [-0.2, 0) is 16.1 Å². The molecule has 0 unspecified atom stereocenters. The van der Waals surface area contributed by atoms with Gasteiger partial charge in [0.15, 0.2) is 0 Å². The smallest absolute Gasteiger partial charge is 0.242 e. The maximum Gasteiger partial charge on any atom is 0.242 e. The van der Waals surface area contributed by atoms with Crippen molar-refractivity contribution in [3.8, 4) is 17.2 Å². The van der Waals surface area contributed by atoms with Crippen LogP contribution in [0, 0.1) is 0 Å². The van der Waals surface area contributed by atoms with Crippen molar-refractivity contribution in [1.29, 1.82) is 0 Å². The summed E-state index contributed by atoms with van der Waals surface area (Å²) in [5, 5.41) is 3.17. The van der Waals surface area contributed by atoms with Crippen molar-refractivity contribution in [3.05, 3.63) is 54.1 Å². The van der Waals surface area contributed by atoms with E-state index in [4.69, 9.17) is 14.2 Å². The van der Waals surface area contributed by atoms with E-state index in [-0.39, 0.29) is 17.9 Å². The highest BCUT2D eigenvalue weighted by Crippen LogP contribution is 2.20. The van der Waals surface area contributed by atoms with E-state index >= 15 is 0 Å². The van der Waals surface area contributed by atoms with Gasteiger partial charge in [-0.2, -0.15) is 0 Å². The van der Waals surface area contributed by atoms with Gasteiger partial charge in [-0.3, -0.25) is 9.59 Å². The number of nitrogens with zero attached hydrogens (tertiary/aromatic N) is 1. The second-order valence-electron chi connectivity index (χ2n) is 9.02. The van der Waals surface area contributed by atoms with Gasteiger partial charge in [-0.1, -0.05) is 31.4 Å². The van der Waals surface area contributed by atoms with Crippen LogP contribution in [0.15, 0.2) is 48.5 Å². The molecule has 0 heterocycles. The van der Waals surface area contributed by atoms with Crippen LogP contribution in [0.25, 0.3) is 0 Å². The summed E-state index contributed by atoms with van der Waals surface area (Å²) in [4.78, 5) is 28.0. The monoisotopic (exact) mass is 482 g/mol. The molecule has 1 aliphatic carbocycles. The summed E-state index contributed by atoms with van der Waals surface area (Å²) in [7, 11) is 3.24. The van der Waals surface area contributed by atoms with Crippen molar-refractivity contribution in [2.75, 3.05) is 20.8 Å². The number of hydrogen-bond acceptors (Lipinski definition) is 5. The van der Waals surface area contributed by atoms with E-state index in [0.29, 0.717) is 26.0 Å². The summed E-state index contributed by atoms with van der Waals surface area (Å²) >= 11 is 0. The third kappa shape index (κ3) is 8.19. The minimum Gasteiger partial charge on any atom is -0.497 e. The normalized spacial score (nSPS) is 14.6. The molecule has 1 aliphatic rings. The lowest BCUT2D eigenvalue weighted by atomic mass is 9.95. The number of hydrogen-bond donors (Lipinski definition) is 1. The predicted molar refractivity (Wildman–Crippen MR) is 136 cm³/mol. The zero-order valence-corrected chi connectivity index (χ0v) is 21.1. The Morgan fingerprint density at radius 3 is 2.09 bits per heavy atom. The first-order chi connectivity index (χ1) is 17.0. The molecular weight excluding hydrogens is 444 g/mol. The Bertz CT molecular complexity index is 923. The molecule has 1 fully saturated rings. The number of carbonyl (C=O) groups is 2. The topological polar surface area (TPSA) is 77.1 Å². The molecule has 0 saturated heterocycles. The molecule has 0 aromatic heterocycles. The van der Waals surface area contributed by atoms with E-state index in [9.17, 15) is 9.59 Å². The fourth-order valence-electron chi connectivity index (χ4n) is 4.31. The Balaban J connectivity index is 1.59. The molecule has 7 nitrogen and oxygen atoms in total. The predicted octanol–water partition coefficient (Wildman–Crippen LogP) is 4.73. The first-order valence-corrected chi connectivity index (χ1v) is 12.5. The van der Waals surface area contributed by atoms with E-state index in [1.807, 2.05) is 55.5 Å². The molecular formula is C28H38N2O5. The van der Waals surface area contributed by atoms with Crippen LogP contribution in [-0.4, -0.2) is 49.6 Å². The Morgan fingerprint density at radius 1 is 0.914 bits per heavy atom. The number of amides is 2. The minimum atomic E-state index is -0.561. The van der Waals surface area contributed by atoms with Crippen LogP contribution in [0.3, 0.4) is 0 Å². The van der Waals surface area contributed by atoms with Gasteiger partial charge >= 0.3 is 0 Å². The Kier molecular flexibility index (Phi) is 10.3. The zero-order chi connectivity index (χ0) is 25.0. The third-order valence-electron chi connectivity index (χ3n) is 6.49. The first-order valence-electron chi connectivity index (χ1n) is 12.5. The van der Waals surface area contributed by atoms with Crippen LogP contribution in [0.1, 0.15) is 57.4 Å². The molecule has 1 N–H and O–H groups in total. The summed E-state index contributed by atoms with van der Waals surface area (Å²) in [6.07, 6.45) is 6.38. The fraction of sp³-hybridized carbons (Fsp3) is 0.500. The fourth-order valence-corrected chi connectivity index (χ4v) is 4.31. The van der Waals surface area contributed by atoms with Gasteiger partial charge in [0, 0.05) is 19.0 Å². The summed E-state index contributed by atoms with van der Waals surface area (Å²) in [6, 6.07) is 14.6. The van der Waals surface area contributed by atoms with Gasteiger partial charge in [0.25, 0.3) is 0 Å².